The molecule has 150 valence electrons. The normalized spacial score (nSPS) is 13.7. The summed E-state index contributed by atoms with van der Waals surface area (Å²) in [6.07, 6.45) is -1.65. The van der Waals surface area contributed by atoms with Gasteiger partial charge < -0.3 is 4.74 Å². The zero-order valence-corrected chi connectivity index (χ0v) is 15.8. The molecule has 0 saturated carbocycles. The molecule has 0 fully saturated rings. The van der Waals surface area contributed by atoms with Gasteiger partial charge in [-0.05, 0) is 31.4 Å². The van der Waals surface area contributed by atoms with Crippen LogP contribution in [0, 0.1) is 0 Å². The molecule has 0 radical (unpaired) electrons. The lowest BCUT2D eigenvalue weighted by Gasteiger charge is -2.19. The van der Waals surface area contributed by atoms with E-state index < -0.39 is 18.5 Å². The summed E-state index contributed by atoms with van der Waals surface area (Å²) in [5, 5.41) is -0.283. The summed E-state index contributed by atoms with van der Waals surface area (Å²) in [5.41, 5.74) is 0. The van der Waals surface area contributed by atoms with Crippen LogP contribution in [0.3, 0.4) is 0 Å². The largest absolute Gasteiger partial charge is 0.465 e. The molecule has 0 saturated heterocycles. The van der Waals surface area contributed by atoms with Crippen LogP contribution in [-0.2, 0) is 9.53 Å². The first-order valence-corrected chi connectivity index (χ1v) is 9.93. The van der Waals surface area contributed by atoms with Gasteiger partial charge in [-0.25, -0.2) is 0 Å². The first-order valence-electron chi connectivity index (χ1n) is 8.88. The van der Waals surface area contributed by atoms with Crippen LogP contribution in [0.15, 0.2) is 0 Å². The zero-order chi connectivity index (χ0) is 19.3. The van der Waals surface area contributed by atoms with Crippen molar-refractivity contribution in [1.82, 2.24) is 0 Å². The van der Waals surface area contributed by atoms with Crippen molar-refractivity contribution >= 4 is 17.7 Å². The number of carbonyl (C=O) groups excluding carboxylic acids is 1. The fraction of sp³-hybridized carbons (Fsp3) is 0.941. The zero-order valence-electron chi connectivity index (χ0n) is 15.0. The van der Waals surface area contributed by atoms with E-state index in [0.717, 1.165) is 25.7 Å². The SMILES string of the molecule is CCCCCC(SCCCCCC(F)(F)C(F)(F)F)C(=O)OCCC. The average Bonchev–Trinajstić information content (AvgIpc) is 2.53. The van der Waals surface area contributed by atoms with Crippen LogP contribution in [-0.4, -0.2) is 35.7 Å². The Morgan fingerprint density at radius 3 is 2.20 bits per heavy atom. The van der Waals surface area contributed by atoms with Crippen molar-refractivity contribution in [2.24, 2.45) is 0 Å². The molecule has 0 aliphatic rings. The van der Waals surface area contributed by atoms with Gasteiger partial charge in [0, 0.05) is 6.42 Å². The third-order valence-electron chi connectivity index (χ3n) is 3.65. The molecule has 0 bridgehead atoms. The first kappa shape index (κ1) is 24.5. The molecule has 0 rings (SSSR count). The molecule has 25 heavy (non-hydrogen) atoms. The summed E-state index contributed by atoms with van der Waals surface area (Å²) in [5.74, 6) is -4.32. The molecule has 0 amide bonds. The molecule has 0 heterocycles. The minimum atomic E-state index is -5.48. The maximum Gasteiger partial charge on any atom is 0.453 e. The summed E-state index contributed by atoms with van der Waals surface area (Å²) >= 11 is 1.41. The van der Waals surface area contributed by atoms with Gasteiger partial charge in [0.05, 0.1) is 6.61 Å². The number of esters is 1. The summed E-state index contributed by atoms with van der Waals surface area (Å²) in [4.78, 5) is 12.0. The molecule has 0 aromatic carbocycles. The van der Waals surface area contributed by atoms with E-state index in [1.807, 2.05) is 6.92 Å². The number of hydrogen-bond acceptors (Lipinski definition) is 3. The fourth-order valence-electron chi connectivity index (χ4n) is 2.14. The first-order chi connectivity index (χ1) is 11.7. The van der Waals surface area contributed by atoms with Gasteiger partial charge in [-0.3, -0.25) is 4.79 Å². The maximum absolute atomic E-state index is 12.8. The van der Waals surface area contributed by atoms with Gasteiger partial charge in [0.2, 0.25) is 0 Å². The number of thioether (sulfide) groups is 1. The third kappa shape index (κ3) is 10.9. The number of halogens is 5. The third-order valence-corrected chi connectivity index (χ3v) is 5.00. The van der Waals surface area contributed by atoms with Crippen LogP contribution in [0.5, 0.6) is 0 Å². The summed E-state index contributed by atoms with van der Waals surface area (Å²) in [7, 11) is 0. The van der Waals surface area contributed by atoms with Crippen LogP contribution in [0.1, 0.15) is 71.6 Å². The van der Waals surface area contributed by atoms with Gasteiger partial charge in [-0.15, -0.1) is 11.8 Å². The Labute approximate surface area is 151 Å². The highest BCUT2D eigenvalue weighted by Crippen LogP contribution is 2.39. The number of carbonyl (C=O) groups is 1. The summed E-state index contributed by atoms with van der Waals surface area (Å²) in [6, 6.07) is 0. The van der Waals surface area contributed by atoms with Crippen molar-refractivity contribution in [2.75, 3.05) is 12.4 Å². The predicted octanol–water partition coefficient (Wildman–Crippen LogP) is 6.38. The molecule has 2 nitrogen and oxygen atoms in total. The van der Waals surface area contributed by atoms with E-state index in [9.17, 15) is 26.7 Å². The number of ether oxygens (including phenoxy) is 1. The van der Waals surface area contributed by atoms with E-state index in [0.29, 0.717) is 25.2 Å². The Morgan fingerprint density at radius 1 is 0.960 bits per heavy atom. The molecular formula is C17H29F5O2S. The van der Waals surface area contributed by atoms with Crippen molar-refractivity contribution in [3.63, 3.8) is 0 Å². The molecule has 0 N–H and O–H groups in total. The van der Waals surface area contributed by atoms with Crippen molar-refractivity contribution < 1.29 is 31.5 Å². The highest BCUT2D eigenvalue weighted by molar-refractivity contribution is 8.00. The minimum absolute atomic E-state index is 0.187. The van der Waals surface area contributed by atoms with Crippen LogP contribution >= 0.6 is 11.8 Å². The van der Waals surface area contributed by atoms with Gasteiger partial charge in [0.1, 0.15) is 5.25 Å². The van der Waals surface area contributed by atoms with Crippen molar-refractivity contribution in [3.05, 3.63) is 0 Å². The van der Waals surface area contributed by atoms with E-state index in [1.54, 1.807) is 0 Å². The second-order valence-electron chi connectivity index (χ2n) is 6.04. The highest BCUT2D eigenvalue weighted by atomic mass is 32.2. The monoisotopic (exact) mass is 392 g/mol. The molecule has 0 aliphatic heterocycles. The highest BCUT2D eigenvalue weighted by Gasteiger charge is 2.56. The lowest BCUT2D eigenvalue weighted by molar-refractivity contribution is -0.284. The summed E-state index contributed by atoms with van der Waals surface area (Å²) < 4.78 is 66.8. The topological polar surface area (TPSA) is 26.3 Å². The Morgan fingerprint density at radius 2 is 1.64 bits per heavy atom. The lowest BCUT2D eigenvalue weighted by Crippen LogP contribution is -2.36. The smallest absolute Gasteiger partial charge is 0.453 e. The van der Waals surface area contributed by atoms with Gasteiger partial charge in [-0.1, -0.05) is 39.5 Å². The molecule has 1 atom stereocenters. The molecule has 1 unspecified atom stereocenters. The van der Waals surface area contributed by atoms with E-state index >= 15 is 0 Å². The van der Waals surface area contributed by atoms with E-state index in [-0.39, 0.29) is 24.1 Å². The lowest BCUT2D eigenvalue weighted by atomic mass is 10.1. The fourth-order valence-corrected chi connectivity index (χ4v) is 3.33. The minimum Gasteiger partial charge on any atom is -0.465 e. The van der Waals surface area contributed by atoms with Crippen LogP contribution in [0.2, 0.25) is 0 Å². The van der Waals surface area contributed by atoms with Crippen molar-refractivity contribution in [2.45, 2.75) is 89.0 Å². The Balaban J connectivity index is 4.09. The van der Waals surface area contributed by atoms with Crippen LogP contribution in [0.25, 0.3) is 0 Å². The quantitative estimate of drug-likeness (QED) is 0.195. The van der Waals surface area contributed by atoms with Crippen LogP contribution < -0.4 is 0 Å². The second-order valence-corrected chi connectivity index (χ2v) is 7.35. The predicted molar refractivity (Wildman–Crippen MR) is 91.1 cm³/mol. The maximum atomic E-state index is 12.8. The molecule has 0 aromatic rings. The van der Waals surface area contributed by atoms with Gasteiger partial charge in [0.15, 0.2) is 0 Å². The molecule has 8 heteroatoms. The standard InChI is InChI=1S/C17H29F5O2S/c1-3-5-7-10-14(15(23)24-12-4-2)25-13-9-6-8-11-16(18,19)17(20,21)22/h14H,3-13H2,1-2H3. The second kappa shape index (κ2) is 12.8. The van der Waals surface area contributed by atoms with E-state index in [2.05, 4.69) is 6.92 Å². The van der Waals surface area contributed by atoms with Gasteiger partial charge >= 0.3 is 18.1 Å². The Hall–Kier alpha value is -0.530. The summed E-state index contributed by atoms with van der Waals surface area (Å²) in [6.45, 7) is 4.34. The van der Waals surface area contributed by atoms with E-state index in [1.165, 1.54) is 11.8 Å². The number of unbranched alkanes of at least 4 members (excludes halogenated alkanes) is 4. The average molecular weight is 392 g/mol. The van der Waals surface area contributed by atoms with Crippen molar-refractivity contribution in [1.29, 1.82) is 0 Å². The van der Waals surface area contributed by atoms with Crippen molar-refractivity contribution in [3.8, 4) is 0 Å². The number of alkyl halides is 5. The molecule has 0 aliphatic carbocycles. The number of hydrogen-bond donors (Lipinski definition) is 0. The number of rotatable bonds is 14. The Bertz CT molecular complexity index is 361. The van der Waals surface area contributed by atoms with Gasteiger partial charge in [0.25, 0.3) is 0 Å². The Kier molecular flexibility index (Phi) is 12.5. The van der Waals surface area contributed by atoms with Crippen LogP contribution in [0.4, 0.5) is 22.0 Å². The molecular weight excluding hydrogens is 363 g/mol. The molecule has 0 aromatic heterocycles. The molecule has 0 spiro atoms. The van der Waals surface area contributed by atoms with E-state index in [4.69, 9.17) is 4.74 Å². The van der Waals surface area contributed by atoms with Gasteiger partial charge in [-0.2, -0.15) is 22.0 Å².